The molecule has 6 nitrogen and oxygen atoms in total. The van der Waals surface area contributed by atoms with E-state index in [-0.39, 0.29) is 31.8 Å². The number of hydrogen-bond acceptors (Lipinski definition) is 4. The molecule has 3 aromatic rings. The Morgan fingerprint density at radius 1 is 1.03 bits per heavy atom. The maximum Gasteiger partial charge on any atom is 0.433 e. The molecule has 1 heterocycles. The summed E-state index contributed by atoms with van der Waals surface area (Å²) in [6, 6.07) is 6.31. The zero-order chi connectivity index (χ0) is 21.5. The van der Waals surface area contributed by atoms with Crippen molar-refractivity contribution in [3.8, 4) is 17.2 Å². The summed E-state index contributed by atoms with van der Waals surface area (Å²) < 4.78 is 71.4. The van der Waals surface area contributed by atoms with Crippen molar-refractivity contribution in [3.63, 3.8) is 0 Å². The molecule has 0 saturated heterocycles. The summed E-state index contributed by atoms with van der Waals surface area (Å²) in [5, 5.41) is -0.302. The van der Waals surface area contributed by atoms with Crippen molar-refractivity contribution in [3.05, 3.63) is 85.7 Å². The van der Waals surface area contributed by atoms with Crippen LogP contribution in [0.1, 0.15) is 5.69 Å². The maximum absolute atomic E-state index is 14.4. The lowest BCUT2D eigenvalue weighted by Crippen LogP contribution is -2.45. The van der Waals surface area contributed by atoms with Gasteiger partial charge in [-0.1, -0.05) is 17.7 Å². The molecule has 12 heteroatoms. The highest BCUT2D eigenvalue weighted by Gasteiger charge is 2.36. The van der Waals surface area contributed by atoms with Gasteiger partial charge in [0.2, 0.25) is 0 Å². The second-order valence-corrected chi connectivity index (χ2v) is 6.05. The molecule has 0 saturated carbocycles. The average Bonchev–Trinajstić information content (AvgIpc) is 2.61. The first kappa shape index (κ1) is 20.4. The van der Waals surface area contributed by atoms with Gasteiger partial charge in [0.05, 0.1) is 10.7 Å². The molecule has 1 aromatic heterocycles. The number of halogens is 6. The fourth-order valence-electron chi connectivity index (χ4n) is 2.42. The highest BCUT2D eigenvalue weighted by Crippen LogP contribution is 2.33. The van der Waals surface area contributed by atoms with Crippen LogP contribution in [0, 0.1) is 11.6 Å². The number of nitrogen functional groups attached to an aromatic ring is 1. The van der Waals surface area contributed by atoms with Crippen LogP contribution in [-0.4, -0.2) is 9.24 Å². The van der Waals surface area contributed by atoms with E-state index in [1.165, 1.54) is 12.1 Å². The number of nitrogens with zero attached hydrogens (tertiary/aromatic N) is 2. The Morgan fingerprint density at radius 2 is 1.72 bits per heavy atom. The first-order valence-electron chi connectivity index (χ1n) is 7.63. The summed E-state index contributed by atoms with van der Waals surface area (Å²) in [7, 11) is 0. The number of aromatic nitrogens is 2. The standard InChI is InChI=1S/C17H9ClF5N3O3/c18-10-5-11(20)12(6-13(10)29-9-3-1-2-8(19)4-9)25-15(27)7-14(17(21,22)23)26(24)16(25)28/h1-7H,24H2. The Bertz CT molecular complexity index is 1220. The minimum absolute atomic E-state index is 0.0412. The number of rotatable bonds is 3. The van der Waals surface area contributed by atoms with E-state index in [1.807, 2.05) is 0 Å². The zero-order valence-corrected chi connectivity index (χ0v) is 14.8. The van der Waals surface area contributed by atoms with E-state index in [1.54, 1.807) is 0 Å². The van der Waals surface area contributed by atoms with Crippen LogP contribution >= 0.6 is 11.6 Å². The zero-order valence-electron chi connectivity index (χ0n) is 14.0. The van der Waals surface area contributed by atoms with Crippen LogP contribution in [0.4, 0.5) is 22.0 Å². The topological polar surface area (TPSA) is 79.2 Å². The molecular weight excluding hydrogens is 425 g/mol. The van der Waals surface area contributed by atoms with Crippen molar-refractivity contribution in [2.45, 2.75) is 6.18 Å². The maximum atomic E-state index is 14.4. The molecule has 0 unspecified atom stereocenters. The molecule has 0 radical (unpaired) electrons. The molecule has 0 aliphatic carbocycles. The average molecular weight is 434 g/mol. The molecule has 0 aliphatic heterocycles. The normalized spacial score (nSPS) is 11.5. The van der Waals surface area contributed by atoms with Crippen molar-refractivity contribution in [1.29, 1.82) is 0 Å². The van der Waals surface area contributed by atoms with Gasteiger partial charge in [0.15, 0.2) is 5.69 Å². The lowest BCUT2D eigenvalue weighted by atomic mass is 10.2. The van der Waals surface area contributed by atoms with E-state index in [0.29, 0.717) is 6.07 Å². The number of alkyl halides is 3. The molecule has 0 bridgehead atoms. The van der Waals surface area contributed by atoms with E-state index in [9.17, 15) is 31.5 Å². The quantitative estimate of drug-likeness (QED) is 0.507. The number of benzene rings is 2. The molecule has 3 rings (SSSR count). The summed E-state index contributed by atoms with van der Waals surface area (Å²) in [6.45, 7) is 0. The highest BCUT2D eigenvalue weighted by molar-refractivity contribution is 6.32. The third-order valence-corrected chi connectivity index (χ3v) is 3.99. The van der Waals surface area contributed by atoms with Gasteiger partial charge in [-0.05, 0) is 18.2 Å². The van der Waals surface area contributed by atoms with Gasteiger partial charge in [-0.25, -0.2) is 22.8 Å². The van der Waals surface area contributed by atoms with Crippen LogP contribution < -0.4 is 21.8 Å². The van der Waals surface area contributed by atoms with E-state index >= 15 is 0 Å². The van der Waals surface area contributed by atoms with Gasteiger partial charge in [-0.2, -0.15) is 13.2 Å². The molecule has 0 aliphatic rings. The van der Waals surface area contributed by atoms with Crippen LogP contribution in [0.5, 0.6) is 11.5 Å². The lowest BCUT2D eigenvalue weighted by Gasteiger charge is -2.15. The van der Waals surface area contributed by atoms with E-state index < -0.39 is 40.4 Å². The summed E-state index contributed by atoms with van der Waals surface area (Å²) in [5.41, 5.74) is -5.61. The third-order valence-electron chi connectivity index (χ3n) is 3.69. The van der Waals surface area contributed by atoms with E-state index in [0.717, 1.165) is 18.2 Å². The molecule has 0 spiro atoms. The van der Waals surface area contributed by atoms with Crippen molar-refractivity contribution in [2.75, 3.05) is 5.84 Å². The van der Waals surface area contributed by atoms with Crippen molar-refractivity contribution >= 4 is 11.6 Å². The molecule has 2 aromatic carbocycles. The van der Waals surface area contributed by atoms with Gasteiger partial charge in [-0.15, -0.1) is 0 Å². The summed E-state index contributed by atoms with van der Waals surface area (Å²) in [5.74, 6) is 2.95. The minimum atomic E-state index is -5.09. The molecule has 0 fully saturated rings. The SMILES string of the molecule is Nn1c(C(F)(F)F)cc(=O)n(-c2cc(Oc3cccc(F)c3)c(Cl)cc2F)c1=O. The van der Waals surface area contributed by atoms with Crippen LogP contribution in [-0.2, 0) is 6.18 Å². The molecule has 29 heavy (non-hydrogen) atoms. The second-order valence-electron chi connectivity index (χ2n) is 5.65. The monoisotopic (exact) mass is 433 g/mol. The van der Waals surface area contributed by atoms with E-state index in [2.05, 4.69) is 0 Å². The van der Waals surface area contributed by atoms with Crippen LogP contribution in [0.3, 0.4) is 0 Å². The Kier molecular flexibility index (Phi) is 5.09. The Labute approximate surface area is 163 Å². The Hall–Kier alpha value is -3.34. The summed E-state index contributed by atoms with van der Waals surface area (Å²) in [6.07, 6.45) is -5.09. The van der Waals surface area contributed by atoms with Crippen LogP contribution in [0.2, 0.25) is 5.02 Å². The first-order chi connectivity index (χ1) is 13.5. The summed E-state index contributed by atoms with van der Waals surface area (Å²) in [4.78, 5) is 24.3. The lowest BCUT2D eigenvalue weighted by molar-refractivity contribution is -0.143. The Balaban J connectivity index is 2.19. The number of hydrogen-bond donors (Lipinski definition) is 1. The van der Waals surface area contributed by atoms with Crippen LogP contribution in [0.25, 0.3) is 5.69 Å². The second kappa shape index (κ2) is 7.24. The predicted octanol–water partition coefficient (Wildman–Crippen LogP) is 3.46. The summed E-state index contributed by atoms with van der Waals surface area (Å²) >= 11 is 5.87. The van der Waals surface area contributed by atoms with Gasteiger partial charge in [0.25, 0.3) is 5.56 Å². The van der Waals surface area contributed by atoms with Crippen molar-refractivity contribution in [2.24, 2.45) is 0 Å². The molecule has 152 valence electrons. The highest BCUT2D eigenvalue weighted by atomic mass is 35.5. The fraction of sp³-hybridized carbons (Fsp3) is 0.0588. The van der Waals surface area contributed by atoms with Gasteiger partial charge < -0.3 is 10.6 Å². The van der Waals surface area contributed by atoms with Crippen LogP contribution in [0.15, 0.2) is 52.1 Å². The predicted molar refractivity (Wildman–Crippen MR) is 92.9 cm³/mol. The van der Waals surface area contributed by atoms with Gasteiger partial charge in [0, 0.05) is 18.2 Å². The smallest absolute Gasteiger partial charge is 0.433 e. The number of ether oxygens (including phenoxy) is 1. The minimum Gasteiger partial charge on any atom is -0.456 e. The molecular formula is C17H9ClF5N3O3. The Morgan fingerprint density at radius 3 is 2.34 bits per heavy atom. The van der Waals surface area contributed by atoms with Gasteiger partial charge in [-0.3, -0.25) is 4.79 Å². The van der Waals surface area contributed by atoms with Gasteiger partial charge >= 0.3 is 11.9 Å². The fourth-order valence-corrected chi connectivity index (χ4v) is 2.61. The molecule has 0 amide bonds. The van der Waals surface area contributed by atoms with E-state index in [4.69, 9.17) is 22.2 Å². The third kappa shape index (κ3) is 3.94. The number of nitrogens with two attached hydrogens (primary N) is 1. The van der Waals surface area contributed by atoms with Crippen molar-refractivity contribution in [1.82, 2.24) is 9.24 Å². The molecule has 0 atom stereocenters. The first-order valence-corrected chi connectivity index (χ1v) is 8.01. The van der Waals surface area contributed by atoms with Gasteiger partial charge in [0.1, 0.15) is 23.1 Å². The largest absolute Gasteiger partial charge is 0.456 e. The molecule has 2 N–H and O–H groups in total. The van der Waals surface area contributed by atoms with Crippen molar-refractivity contribution < 1.29 is 26.7 Å².